The smallest absolute Gasteiger partial charge is 0.344 e. The van der Waals surface area contributed by atoms with E-state index in [9.17, 15) is 41.7 Å². The van der Waals surface area contributed by atoms with E-state index in [4.69, 9.17) is 19.3 Å². The first-order chi connectivity index (χ1) is 33.8. The lowest BCUT2D eigenvalue weighted by Gasteiger charge is -2.30. The average molecular weight is 1000 g/mol. The molecule has 0 saturated carbocycles. The summed E-state index contributed by atoms with van der Waals surface area (Å²) in [6.07, 6.45) is 20.6. The maximum Gasteiger partial charge on any atom is 0.373 e. The van der Waals surface area contributed by atoms with Gasteiger partial charge in [0.25, 0.3) is 33.7 Å². The summed E-state index contributed by atoms with van der Waals surface area (Å²) in [6, 6.07) is 11.3. The van der Waals surface area contributed by atoms with E-state index < -0.39 is 51.1 Å². The van der Waals surface area contributed by atoms with Gasteiger partial charge in [0.1, 0.15) is 6.54 Å². The summed E-state index contributed by atoms with van der Waals surface area (Å²) >= 11 is 0. The molecule has 1 unspecified atom stereocenters. The highest BCUT2D eigenvalue weighted by atomic mass is 32.2. The molecule has 2 saturated heterocycles. The first kappa shape index (κ1) is 55.6. The van der Waals surface area contributed by atoms with Gasteiger partial charge in [-0.2, -0.15) is 22.6 Å². The molecule has 4 heterocycles. The molecular formula is C53H67N4O13S+. The molecule has 71 heavy (non-hydrogen) atoms. The van der Waals surface area contributed by atoms with Crippen LogP contribution in [0.5, 0.6) is 0 Å². The van der Waals surface area contributed by atoms with Gasteiger partial charge in [-0.05, 0) is 95.7 Å². The molecule has 2 fully saturated rings. The van der Waals surface area contributed by atoms with Crippen LogP contribution in [0.3, 0.4) is 0 Å². The number of rotatable bonds is 24. The largest absolute Gasteiger partial charge is 0.373 e. The molecule has 0 aromatic heterocycles. The van der Waals surface area contributed by atoms with E-state index in [1.165, 1.54) is 11.6 Å². The van der Waals surface area contributed by atoms with Gasteiger partial charge in [-0.1, -0.05) is 75.3 Å². The van der Waals surface area contributed by atoms with Crippen LogP contribution in [0.25, 0.3) is 0 Å². The number of allylic oxidation sites excluding steroid dienone is 6. The van der Waals surface area contributed by atoms with Gasteiger partial charge in [0, 0.05) is 86.0 Å². The van der Waals surface area contributed by atoms with Gasteiger partial charge in [-0.15, -0.1) is 10.1 Å². The zero-order valence-corrected chi connectivity index (χ0v) is 42.4. The van der Waals surface area contributed by atoms with Crippen molar-refractivity contribution in [3.8, 4) is 0 Å². The van der Waals surface area contributed by atoms with Gasteiger partial charge in [-0.3, -0.25) is 23.7 Å². The van der Waals surface area contributed by atoms with Crippen LogP contribution < -0.4 is 4.90 Å². The maximum atomic E-state index is 12.5. The number of unbranched alkanes of at least 4 members (excludes halogenated alkanes) is 8. The van der Waals surface area contributed by atoms with Gasteiger partial charge < -0.3 is 14.6 Å². The SMILES string of the molecule is CCCCCCCN1\C(=C/C=C/C=C/C2=[N+](CCCCCC(=O)ON3C(=O)CCC3=O)c3ccc(C)cc3C2(C)C)C(C)(CCCCCC(=O)ON2C(=O)CCC2=O)c2cc(S(=O)(=O)O)ccc21.O=C=O. The second-order valence-electron chi connectivity index (χ2n) is 19.1. The maximum absolute atomic E-state index is 12.5. The van der Waals surface area contributed by atoms with E-state index in [1.54, 1.807) is 12.1 Å². The Morgan fingerprint density at radius 1 is 0.732 bits per heavy atom. The first-order valence-electron chi connectivity index (χ1n) is 24.6. The van der Waals surface area contributed by atoms with Crippen molar-refractivity contribution in [3.63, 3.8) is 0 Å². The van der Waals surface area contributed by atoms with E-state index in [-0.39, 0.29) is 55.0 Å². The van der Waals surface area contributed by atoms with Crippen molar-refractivity contribution < 1.29 is 65.6 Å². The Balaban J connectivity index is 0.00000305. The Morgan fingerprint density at radius 2 is 1.30 bits per heavy atom. The molecule has 2 aromatic rings. The predicted octanol–water partition coefficient (Wildman–Crippen LogP) is 8.50. The van der Waals surface area contributed by atoms with Crippen molar-refractivity contribution >= 4 is 68.9 Å². The Labute approximate surface area is 416 Å². The van der Waals surface area contributed by atoms with Crippen LogP contribution in [0, 0.1) is 6.92 Å². The van der Waals surface area contributed by atoms with E-state index >= 15 is 0 Å². The molecule has 0 bridgehead atoms. The summed E-state index contributed by atoms with van der Waals surface area (Å²) < 4.78 is 37.4. The van der Waals surface area contributed by atoms with Gasteiger partial charge in [0.15, 0.2) is 5.71 Å². The molecule has 18 heteroatoms. The Kier molecular flexibility index (Phi) is 19.7. The highest BCUT2D eigenvalue weighted by molar-refractivity contribution is 7.85. The summed E-state index contributed by atoms with van der Waals surface area (Å²) in [5.74, 6) is -3.28. The Morgan fingerprint density at radius 3 is 1.87 bits per heavy atom. The molecule has 2 aromatic carbocycles. The van der Waals surface area contributed by atoms with Crippen LogP contribution in [0.4, 0.5) is 11.4 Å². The molecular weight excluding hydrogens is 933 g/mol. The van der Waals surface area contributed by atoms with Gasteiger partial charge in [0.05, 0.1) is 10.3 Å². The number of amides is 4. The lowest BCUT2D eigenvalue weighted by molar-refractivity contribution is -0.438. The first-order valence-corrected chi connectivity index (χ1v) is 26.1. The zero-order chi connectivity index (χ0) is 51.9. The average Bonchev–Trinajstić information content (AvgIpc) is 3.95. The Hall–Kier alpha value is -6.36. The fourth-order valence-corrected chi connectivity index (χ4v) is 10.2. The number of hydrogen-bond acceptors (Lipinski definition) is 13. The standard InChI is InChI=1S/C52H66N4O11S.CO2/c1-6-7-8-9-18-34-54-42-27-25-38(68(63,64)65)36-40(42)52(5,32-17-11-15-22-49(61)66-55-45(57)28-29-46(55)58)44(54)21-14-10-13-20-43-51(3,4)39-35-37(2)24-26-41(39)53(43)33-19-12-16-23-50(62)67-56-47(59)30-31-48(56)60;2-1-3/h10,13-14,20-21,24-27,35-36H,6-9,11-12,15-19,22-23,28-34H2,1-5H3;/p+1. The third-order valence-electron chi connectivity index (χ3n) is 13.5. The van der Waals surface area contributed by atoms with Crippen molar-refractivity contribution in [2.75, 3.05) is 18.0 Å². The van der Waals surface area contributed by atoms with E-state index in [1.807, 2.05) is 18.2 Å². The summed E-state index contributed by atoms with van der Waals surface area (Å²) in [4.78, 5) is 101. The number of anilines is 1. The van der Waals surface area contributed by atoms with Crippen molar-refractivity contribution in [3.05, 3.63) is 89.2 Å². The third-order valence-corrected chi connectivity index (χ3v) is 14.3. The van der Waals surface area contributed by atoms with Crippen LogP contribution in [0.1, 0.15) is 160 Å². The monoisotopic (exact) mass is 999 g/mol. The number of benzene rings is 2. The number of carbonyl (C=O) groups is 6. The van der Waals surface area contributed by atoms with Crippen molar-refractivity contribution in [1.82, 2.24) is 10.1 Å². The molecule has 0 spiro atoms. The lowest BCUT2D eigenvalue weighted by atomic mass is 9.77. The second-order valence-corrected chi connectivity index (χ2v) is 20.5. The van der Waals surface area contributed by atoms with Crippen molar-refractivity contribution in [2.24, 2.45) is 0 Å². The second kappa shape index (κ2) is 25.2. The number of fused-ring (bicyclic) bond motifs is 2. The number of carbonyl (C=O) groups excluding carboxylic acids is 8. The number of nitrogens with zero attached hydrogens (tertiary/aromatic N) is 4. The van der Waals surface area contributed by atoms with E-state index in [0.29, 0.717) is 55.3 Å². The molecule has 1 atom stereocenters. The van der Waals surface area contributed by atoms with Crippen LogP contribution >= 0.6 is 0 Å². The van der Waals surface area contributed by atoms with Gasteiger partial charge in [-0.25, -0.2) is 9.59 Å². The van der Waals surface area contributed by atoms with Crippen LogP contribution in [-0.2, 0) is 69.0 Å². The third kappa shape index (κ3) is 14.0. The van der Waals surface area contributed by atoms with Crippen LogP contribution in [-0.4, -0.2) is 88.2 Å². The van der Waals surface area contributed by atoms with Crippen LogP contribution in [0.2, 0.25) is 0 Å². The molecule has 4 amide bonds. The normalized spacial score (nSPS) is 19.0. The fraction of sp³-hybridized carbons (Fsp3) is 0.509. The van der Waals surface area contributed by atoms with Crippen molar-refractivity contribution in [1.29, 1.82) is 0 Å². The molecule has 6 rings (SSSR count). The van der Waals surface area contributed by atoms with Gasteiger partial charge in [0.2, 0.25) is 5.69 Å². The van der Waals surface area contributed by atoms with Crippen molar-refractivity contribution in [2.45, 2.75) is 166 Å². The minimum atomic E-state index is -4.49. The predicted molar refractivity (Wildman–Crippen MR) is 261 cm³/mol. The topological polar surface area (TPSA) is 222 Å². The minimum Gasteiger partial charge on any atom is -0.344 e. The quantitative estimate of drug-likeness (QED) is 0.0343. The van der Waals surface area contributed by atoms with Gasteiger partial charge >= 0.3 is 18.1 Å². The molecule has 4 aliphatic heterocycles. The number of aryl methyl sites for hydroxylation is 1. The summed E-state index contributed by atoms with van der Waals surface area (Å²) in [5, 5.41) is 1.15. The molecule has 382 valence electrons. The number of imide groups is 2. The number of hydroxylamine groups is 4. The summed E-state index contributed by atoms with van der Waals surface area (Å²) in [7, 11) is -4.49. The highest BCUT2D eigenvalue weighted by Crippen LogP contribution is 2.51. The summed E-state index contributed by atoms with van der Waals surface area (Å²) in [6.45, 7) is 12.2. The minimum absolute atomic E-state index is 0.0234. The lowest BCUT2D eigenvalue weighted by Crippen LogP contribution is -2.32. The molecule has 4 aliphatic rings. The van der Waals surface area contributed by atoms with Crippen LogP contribution in [0.15, 0.2) is 77.4 Å². The Bertz CT molecular complexity index is 2590. The molecule has 17 nitrogen and oxygen atoms in total. The fourth-order valence-electron chi connectivity index (χ4n) is 9.71. The highest BCUT2D eigenvalue weighted by Gasteiger charge is 2.45. The zero-order valence-electron chi connectivity index (χ0n) is 41.5. The molecule has 0 radical (unpaired) electrons. The number of hydrogen-bond donors (Lipinski definition) is 1. The molecule has 1 N–H and O–H groups in total. The molecule has 0 aliphatic carbocycles. The van der Waals surface area contributed by atoms with E-state index in [2.05, 4.69) is 74.4 Å². The van der Waals surface area contributed by atoms with E-state index in [0.717, 1.165) is 78.9 Å². The summed E-state index contributed by atoms with van der Waals surface area (Å²) in [5.41, 5.74) is 6.32.